The van der Waals surface area contributed by atoms with E-state index in [1.807, 2.05) is 53.4 Å². The van der Waals surface area contributed by atoms with Crippen molar-refractivity contribution in [2.24, 2.45) is 0 Å². The fraction of sp³-hybridized carbons (Fsp3) is 0.385. The molecule has 1 fully saturated rings. The van der Waals surface area contributed by atoms with Gasteiger partial charge in [0.25, 0.3) is 5.56 Å². The number of hydrogen-bond donors (Lipinski definition) is 1. The summed E-state index contributed by atoms with van der Waals surface area (Å²) in [6.45, 7) is 2.61. The van der Waals surface area contributed by atoms with Gasteiger partial charge in [-0.05, 0) is 43.4 Å². The van der Waals surface area contributed by atoms with E-state index in [2.05, 4.69) is 10.3 Å². The number of fused-ring (bicyclic) bond motifs is 1. The van der Waals surface area contributed by atoms with Gasteiger partial charge in [0.05, 0.1) is 16.7 Å². The maximum absolute atomic E-state index is 13.2. The van der Waals surface area contributed by atoms with Crippen LogP contribution in [0.5, 0.6) is 0 Å². The summed E-state index contributed by atoms with van der Waals surface area (Å²) in [6, 6.07) is 17.2. The maximum atomic E-state index is 13.2. The SMILES string of the molecule is O=C(CSc1nc2ccccc2c(=O)n1CCCC(=O)N1CCCC1)NCCc1ccccc1. The van der Waals surface area contributed by atoms with Crippen LogP contribution in [0, 0.1) is 0 Å². The second kappa shape index (κ2) is 11.8. The Hall–Kier alpha value is -3.13. The predicted molar refractivity (Wildman–Crippen MR) is 135 cm³/mol. The third-order valence-electron chi connectivity index (χ3n) is 5.97. The Bertz CT molecular complexity index is 1190. The van der Waals surface area contributed by atoms with E-state index in [9.17, 15) is 14.4 Å². The van der Waals surface area contributed by atoms with Crippen LogP contribution in [0.2, 0.25) is 0 Å². The summed E-state index contributed by atoms with van der Waals surface area (Å²) in [5, 5.41) is 3.99. The number of nitrogens with zero attached hydrogens (tertiary/aromatic N) is 3. The average Bonchev–Trinajstić information content (AvgIpc) is 3.40. The highest BCUT2D eigenvalue weighted by molar-refractivity contribution is 7.99. The summed E-state index contributed by atoms with van der Waals surface area (Å²) >= 11 is 1.26. The molecule has 0 atom stereocenters. The molecule has 3 aromatic rings. The molecule has 2 heterocycles. The fourth-order valence-corrected chi connectivity index (χ4v) is 5.00. The van der Waals surface area contributed by atoms with Crippen LogP contribution in [0.1, 0.15) is 31.2 Å². The van der Waals surface area contributed by atoms with Crippen LogP contribution >= 0.6 is 11.8 Å². The first-order valence-corrected chi connectivity index (χ1v) is 12.8. The molecule has 0 aliphatic carbocycles. The van der Waals surface area contributed by atoms with Crippen LogP contribution in [0.15, 0.2) is 64.5 Å². The van der Waals surface area contributed by atoms with Gasteiger partial charge in [-0.1, -0.05) is 54.2 Å². The summed E-state index contributed by atoms with van der Waals surface area (Å²) < 4.78 is 1.61. The third-order valence-corrected chi connectivity index (χ3v) is 6.95. The molecule has 0 bridgehead atoms. The summed E-state index contributed by atoms with van der Waals surface area (Å²) in [4.78, 5) is 44.5. The number of thioether (sulfide) groups is 1. The summed E-state index contributed by atoms with van der Waals surface area (Å²) in [5.74, 6) is 0.220. The standard InChI is InChI=1S/C26H30N4O3S/c31-23(27-15-14-20-9-2-1-3-10-20)19-34-26-28-22-12-5-4-11-21(22)25(33)30(26)18-8-13-24(32)29-16-6-7-17-29/h1-5,9-12H,6-8,13-19H2,(H,27,31). The van der Waals surface area contributed by atoms with E-state index in [-0.39, 0.29) is 23.1 Å². The first-order valence-electron chi connectivity index (χ1n) is 11.8. The summed E-state index contributed by atoms with van der Waals surface area (Å²) in [6.07, 6.45) is 3.86. The van der Waals surface area contributed by atoms with Crippen molar-refractivity contribution in [3.63, 3.8) is 0 Å². The van der Waals surface area contributed by atoms with Gasteiger partial charge in [0.2, 0.25) is 11.8 Å². The molecule has 2 aromatic carbocycles. The minimum atomic E-state index is -0.133. The van der Waals surface area contributed by atoms with E-state index in [0.717, 1.165) is 32.4 Å². The summed E-state index contributed by atoms with van der Waals surface area (Å²) in [7, 11) is 0. The number of rotatable bonds is 10. The first-order chi connectivity index (χ1) is 16.6. The zero-order valence-corrected chi connectivity index (χ0v) is 20.1. The van der Waals surface area contributed by atoms with Crippen molar-refractivity contribution in [1.82, 2.24) is 19.8 Å². The van der Waals surface area contributed by atoms with Crippen LogP contribution < -0.4 is 10.9 Å². The van der Waals surface area contributed by atoms with Crippen molar-refractivity contribution in [2.45, 2.75) is 43.8 Å². The Labute approximate surface area is 203 Å². The molecule has 1 saturated heterocycles. The number of likely N-dealkylation sites (tertiary alicyclic amines) is 1. The number of aromatic nitrogens is 2. The van der Waals surface area contributed by atoms with Crippen molar-refractivity contribution in [3.8, 4) is 0 Å². The van der Waals surface area contributed by atoms with Crippen molar-refractivity contribution >= 4 is 34.5 Å². The van der Waals surface area contributed by atoms with Gasteiger partial charge in [-0.3, -0.25) is 19.0 Å². The molecule has 0 unspecified atom stereocenters. The highest BCUT2D eigenvalue weighted by Gasteiger charge is 2.18. The zero-order chi connectivity index (χ0) is 23.8. The highest BCUT2D eigenvalue weighted by Crippen LogP contribution is 2.19. The quantitative estimate of drug-likeness (QED) is 0.357. The Kier molecular flexibility index (Phi) is 8.36. The highest BCUT2D eigenvalue weighted by atomic mass is 32.2. The Balaban J connectivity index is 1.39. The van der Waals surface area contributed by atoms with Crippen LogP contribution in [0.25, 0.3) is 10.9 Å². The van der Waals surface area contributed by atoms with Gasteiger partial charge in [0.15, 0.2) is 5.16 Å². The molecule has 4 rings (SSSR count). The molecule has 8 heteroatoms. The predicted octanol–water partition coefficient (Wildman–Crippen LogP) is 3.25. The lowest BCUT2D eigenvalue weighted by atomic mass is 10.1. The van der Waals surface area contributed by atoms with E-state index < -0.39 is 0 Å². The lowest BCUT2D eigenvalue weighted by Crippen LogP contribution is -2.29. The minimum absolute atomic E-state index is 0.0981. The molecule has 178 valence electrons. The summed E-state index contributed by atoms with van der Waals surface area (Å²) in [5.41, 5.74) is 1.65. The van der Waals surface area contributed by atoms with Crippen LogP contribution in [-0.2, 0) is 22.6 Å². The molecule has 1 aliphatic rings. The van der Waals surface area contributed by atoms with E-state index >= 15 is 0 Å². The van der Waals surface area contributed by atoms with E-state index in [1.165, 1.54) is 17.3 Å². The molecule has 1 aromatic heterocycles. The monoisotopic (exact) mass is 478 g/mol. The van der Waals surface area contributed by atoms with Gasteiger partial charge >= 0.3 is 0 Å². The Morgan fingerprint density at radius 1 is 1.00 bits per heavy atom. The van der Waals surface area contributed by atoms with Gasteiger partial charge in [-0.15, -0.1) is 0 Å². The number of amides is 2. The van der Waals surface area contributed by atoms with Crippen LogP contribution in [0.3, 0.4) is 0 Å². The van der Waals surface area contributed by atoms with Gasteiger partial charge < -0.3 is 10.2 Å². The fourth-order valence-electron chi connectivity index (χ4n) is 4.14. The Morgan fingerprint density at radius 3 is 2.53 bits per heavy atom. The Morgan fingerprint density at radius 2 is 1.74 bits per heavy atom. The van der Waals surface area contributed by atoms with Crippen molar-refractivity contribution in [1.29, 1.82) is 0 Å². The minimum Gasteiger partial charge on any atom is -0.355 e. The number of hydrogen-bond acceptors (Lipinski definition) is 5. The normalized spacial score (nSPS) is 13.4. The van der Waals surface area contributed by atoms with Crippen molar-refractivity contribution < 1.29 is 9.59 Å². The van der Waals surface area contributed by atoms with Crippen molar-refractivity contribution in [3.05, 3.63) is 70.5 Å². The molecule has 0 saturated carbocycles. The number of para-hydroxylation sites is 1. The molecule has 0 radical (unpaired) electrons. The molecule has 1 N–H and O–H groups in total. The molecule has 34 heavy (non-hydrogen) atoms. The number of carbonyl (C=O) groups excluding carboxylic acids is 2. The molecule has 1 aliphatic heterocycles. The van der Waals surface area contributed by atoms with E-state index in [4.69, 9.17) is 0 Å². The van der Waals surface area contributed by atoms with Gasteiger partial charge in [0, 0.05) is 32.6 Å². The van der Waals surface area contributed by atoms with Crippen LogP contribution in [0.4, 0.5) is 0 Å². The number of benzene rings is 2. The van der Waals surface area contributed by atoms with Crippen molar-refractivity contribution in [2.75, 3.05) is 25.4 Å². The topological polar surface area (TPSA) is 84.3 Å². The molecule has 2 amide bonds. The third kappa shape index (κ3) is 6.26. The molecule has 7 nitrogen and oxygen atoms in total. The average molecular weight is 479 g/mol. The van der Waals surface area contributed by atoms with Gasteiger partial charge in [-0.25, -0.2) is 4.98 Å². The number of nitrogens with one attached hydrogen (secondary N) is 1. The second-order valence-electron chi connectivity index (χ2n) is 8.43. The lowest BCUT2D eigenvalue weighted by molar-refractivity contribution is -0.130. The van der Waals surface area contributed by atoms with E-state index in [1.54, 1.807) is 10.6 Å². The number of carbonyl (C=O) groups is 2. The molecule has 0 spiro atoms. The van der Waals surface area contributed by atoms with Crippen LogP contribution in [-0.4, -0.2) is 51.7 Å². The molecular formula is C26H30N4O3S. The van der Waals surface area contributed by atoms with E-state index in [0.29, 0.717) is 42.0 Å². The largest absolute Gasteiger partial charge is 0.355 e. The lowest BCUT2D eigenvalue weighted by Gasteiger charge is -2.16. The zero-order valence-electron chi connectivity index (χ0n) is 19.2. The second-order valence-corrected chi connectivity index (χ2v) is 9.38. The van der Waals surface area contributed by atoms with Gasteiger partial charge in [-0.2, -0.15) is 0 Å². The first kappa shape index (κ1) is 24.0. The smallest absolute Gasteiger partial charge is 0.262 e. The molecular weight excluding hydrogens is 448 g/mol. The van der Waals surface area contributed by atoms with Gasteiger partial charge in [0.1, 0.15) is 0 Å². The maximum Gasteiger partial charge on any atom is 0.262 e.